The minimum atomic E-state index is -0.828. The van der Waals surface area contributed by atoms with Gasteiger partial charge in [0.2, 0.25) is 0 Å². The number of nitrogens with one attached hydrogen (secondary N) is 2. The normalized spacial score (nSPS) is 24.6. The Morgan fingerprint density at radius 3 is 2.38 bits per heavy atom. The standard InChI is InChI=1S/C23H29ClN4O4.2ClH/c24-16-5-4-6-17(13-16)26-23(31)25-14-19-21(22(30)20(15-29)32-19)28-11-9-27(10-12-28)18-7-2-1-3-8-18;;/h1-8,13,19-22,29-30H,9-12,14-15H2,(H2,25,26,31);2*1H/t19-,20+,21+,22-;;/m1../s1. The lowest BCUT2D eigenvalue weighted by molar-refractivity contribution is -0.0205. The van der Waals surface area contributed by atoms with Crippen LogP contribution in [0.15, 0.2) is 54.6 Å². The lowest BCUT2D eigenvalue weighted by Gasteiger charge is -2.41. The van der Waals surface area contributed by atoms with Crippen molar-refractivity contribution in [1.82, 2.24) is 10.2 Å². The molecule has 2 fully saturated rings. The fraction of sp³-hybridized carbons (Fsp3) is 0.435. The number of aliphatic hydroxyl groups is 2. The Morgan fingerprint density at radius 2 is 1.74 bits per heavy atom. The number of benzene rings is 2. The molecule has 2 saturated heterocycles. The van der Waals surface area contributed by atoms with Crippen molar-refractivity contribution in [1.29, 1.82) is 0 Å². The van der Waals surface area contributed by atoms with Crippen LogP contribution in [0.5, 0.6) is 0 Å². The Bertz CT molecular complexity index is 903. The number of piperazine rings is 1. The number of urea groups is 1. The van der Waals surface area contributed by atoms with Gasteiger partial charge in [0.15, 0.2) is 0 Å². The number of aliphatic hydroxyl groups excluding tert-OH is 2. The van der Waals surface area contributed by atoms with Crippen LogP contribution in [0.2, 0.25) is 5.02 Å². The van der Waals surface area contributed by atoms with Crippen molar-refractivity contribution in [2.24, 2.45) is 0 Å². The molecule has 2 heterocycles. The lowest BCUT2D eigenvalue weighted by atomic mass is 10.0. The van der Waals surface area contributed by atoms with Gasteiger partial charge in [-0.3, -0.25) is 4.90 Å². The Balaban J connectivity index is 0.00000204. The van der Waals surface area contributed by atoms with Crippen LogP contribution in [-0.2, 0) is 4.74 Å². The van der Waals surface area contributed by atoms with Gasteiger partial charge in [-0.1, -0.05) is 35.9 Å². The average Bonchev–Trinajstić information content (AvgIpc) is 3.13. The number of nitrogens with zero attached hydrogens (tertiary/aromatic N) is 2. The zero-order chi connectivity index (χ0) is 22.5. The van der Waals surface area contributed by atoms with E-state index in [0.717, 1.165) is 26.2 Å². The maximum absolute atomic E-state index is 12.3. The zero-order valence-corrected chi connectivity index (χ0v) is 20.9. The highest BCUT2D eigenvalue weighted by atomic mass is 35.5. The largest absolute Gasteiger partial charge is 0.394 e. The molecule has 2 aromatic rings. The van der Waals surface area contributed by atoms with E-state index in [0.29, 0.717) is 10.7 Å². The predicted molar refractivity (Wildman–Crippen MR) is 139 cm³/mol. The van der Waals surface area contributed by atoms with Crippen molar-refractivity contribution < 1.29 is 19.7 Å². The van der Waals surface area contributed by atoms with E-state index in [1.165, 1.54) is 5.69 Å². The quantitative estimate of drug-likeness (QED) is 0.456. The van der Waals surface area contributed by atoms with E-state index in [-0.39, 0.29) is 50.0 Å². The molecule has 4 N–H and O–H groups in total. The summed E-state index contributed by atoms with van der Waals surface area (Å²) in [6.07, 6.45) is -1.93. The van der Waals surface area contributed by atoms with Crippen molar-refractivity contribution in [3.63, 3.8) is 0 Å². The minimum Gasteiger partial charge on any atom is -0.394 e. The summed E-state index contributed by atoms with van der Waals surface area (Å²) in [6.45, 7) is 3.10. The van der Waals surface area contributed by atoms with Gasteiger partial charge in [0.25, 0.3) is 0 Å². The fourth-order valence-corrected chi connectivity index (χ4v) is 4.64. The summed E-state index contributed by atoms with van der Waals surface area (Å²) in [6, 6.07) is 16.4. The second-order valence-electron chi connectivity index (χ2n) is 8.08. The number of carbonyl (C=O) groups excluding carboxylic acids is 1. The number of ether oxygens (including phenoxy) is 1. The highest BCUT2D eigenvalue weighted by Gasteiger charge is 2.46. The van der Waals surface area contributed by atoms with E-state index in [1.54, 1.807) is 24.3 Å². The van der Waals surface area contributed by atoms with Crippen molar-refractivity contribution >= 4 is 53.8 Å². The third kappa shape index (κ3) is 6.88. The molecule has 2 aliphatic rings. The van der Waals surface area contributed by atoms with Gasteiger partial charge in [0.1, 0.15) is 12.2 Å². The van der Waals surface area contributed by atoms with Crippen LogP contribution in [0.1, 0.15) is 0 Å². The topological polar surface area (TPSA) is 97.3 Å². The van der Waals surface area contributed by atoms with Gasteiger partial charge in [0.05, 0.1) is 18.8 Å². The molecule has 0 spiro atoms. The highest BCUT2D eigenvalue weighted by Crippen LogP contribution is 2.27. The van der Waals surface area contributed by atoms with E-state index >= 15 is 0 Å². The molecule has 2 amide bonds. The van der Waals surface area contributed by atoms with Crippen LogP contribution < -0.4 is 15.5 Å². The number of amides is 2. The van der Waals surface area contributed by atoms with Gasteiger partial charge >= 0.3 is 6.03 Å². The summed E-state index contributed by atoms with van der Waals surface area (Å²) >= 11 is 5.96. The van der Waals surface area contributed by atoms with E-state index in [9.17, 15) is 15.0 Å². The Kier molecular flexibility index (Phi) is 11.2. The van der Waals surface area contributed by atoms with Gasteiger partial charge in [-0.05, 0) is 30.3 Å². The molecule has 11 heteroatoms. The van der Waals surface area contributed by atoms with E-state index in [1.807, 2.05) is 18.2 Å². The number of carbonyl (C=O) groups is 1. The van der Waals surface area contributed by atoms with E-state index < -0.39 is 18.3 Å². The Labute approximate surface area is 217 Å². The molecule has 188 valence electrons. The summed E-state index contributed by atoms with van der Waals surface area (Å²) in [5, 5.41) is 26.5. The summed E-state index contributed by atoms with van der Waals surface area (Å²) in [7, 11) is 0. The number of hydrogen-bond acceptors (Lipinski definition) is 6. The minimum absolute atomic E-state index is 0. The molecule has 4 atom stereocenters. The first-order chi connectivity index (χ1) is 15.5. The van der Waals surface area contributed by atoms with Crippen LogP contribution >= 0.6 is 36.4 Å². The molecule has 34 heavy (non-hydrogen) atoms. The maximum Gasteiger partial charge on any atom is 0.319 e. The second kappa shape index (κ2) is 13.3. The summed E-state index contributed by atoms with van der Waals surface area (Å²) < 4.78 is 5.90. The number of anilines is 2. The van der Waals surface area contributed by atoms with Crippen LogP contribution in [0, 0.1) is 0 Å². The second-order valence-corrected chi connectivity index (χ2v) is 8.52. The first-order valence-corrected chi connectivity index (χ1v) is 11.2. The molecule has 0 aliphatic carbocycles. The third-order valence-electron chi connectivity index (χ3n) is 6.04. The van der Waals surface area contributed by atoms with Crippen LogP contribution in [0.4, 0.5) is 16.2 Å². The fourth-order valence-electron chi connectivity index (χ4n) is 4.45. The van der Waals surface area contributed by atoms with E-state index in [2.05, 4.69) is 32.6 Å². The Hall–Kier alpha value is -1.78. The van der Waals surface area contributed by atoms with Gasteiger partial charge in [-0.15, -0.1) is 24.8 Å². The lowest BCUT2D eigenvalue weighted by Crippen LogP contribution is -2.57. The van der Waals surface area contributed by atoms with Gasteiger partial charge in [0, 0.05) is 49.1 Å². The van der Waals surface area contributed by atoms with Crippen LogP contribution in [-0.4, -0.2) is 84.8 Å². The molecule has 0 aromatic heterocycles. The molecule has 2 aliphatic heterocycles. The molecule has 0 unspecified atom stereocenters. The first kappa shape index (κ1) is 28.5. The van der Waals surface area contributed by atoms with Gasteiger partial charge in [-0.25, -0.2) is 4.79 Å². The highest BCUT2D eigenvalue weighted by molar-refractivity contribution is 6.30. The Morgan fingerprint density at radius 1 is 1.03 bits per heavy atom. The number of para-hydroxylation sites is 1. The SMILES string of the molecule is Cl.Cl.O=C(NC[C@H]1O[C@@H](CO)[C@@H](O)[C@H]1N1CCN(c2ccccc2)CC1)Nc1cccc(Cl)c1. The van der Waals surface area contributed by atoms with Crippen molar-refractivity contribution in [3.8, 4) is 0 Å². The van der Waals surface area contributed by atoms with Crippen molar-refractivity contribution in [3.05, 3.63) is 59.6 Å². The molecule has 8 nitrogen and oxygen atoms in total. The average molecular weight is 534 g/mol. The van der Waals surface area contributed by atoms with Crippen LogP contribution in [0.3, 0.4) is 0 Å². The zero-order valence-electron chi connectivity index (χ0n) is 18.5. The molecular weight excluding hydrogens is 503 g/mol. The molecule has 0 bridgehead atoms. The smallest absolute Gasteiger partial charge is 0.319 e. The number of rotatable bonds is 6. The van der Waals surface area contributed by atoms with Crippen molar-refractivity contribution in [2.75, 3.05) is 49.5 Å². The molecular formula is C23H31Cl3N4O4. The monoisotopic (exact) mass is 532 g/mol. The number of halogens is 3. The molecule has 2 aromatic carbocycles. The van der Waals surface area contributed by atoms with Gasteiger partial charge in [-0.2, -0.15) is 0 Å². The predicted octanol–water partition coefficient (Wildman–Crippen LogP) is 2.62. The maximum atomic E-state index is 12.3. The van der Waals surface area contributed by atoms with Crippen LogP contribution in [0.25, 0.3) is 0 Å². The molecule has 4 rings (SSSR count). The summed E-state index contributed by atoms with van der Waals surface area (Å²) in [5.41, 5.74) is 1.77. The molecule has 0 saturated carbocycles. The first-order valence-electron chi connectivity index (χ1n) is 10.8. The van der Waals surface area contributed by atoms with E-state index in [4.69, 9.17) is 16.3 Å². The third-order valence-corrected chi connectivity index (χ3v) is 6.28. The van der Waals surface area contributed by atoms with Gasteiger partial charge < -0.3 is 30.5 Å². The van der Waals surface area contributed by atoms with Crippen molar-refractivity contribution in [2.45, 2.75) is 24.4 Å². The molecule has 0 radical (unpaired) electrons. The number of hydrogen-bond donors (Lipinski definition) is 4. The summed E-state index contributed by atoms with van der Waals surface area (Å²) in [4.78, 5) is 16.9. The summed E-state index contributed by atoms with van der Waals surface area (Å²) in [5.74, 6) is 0.